The third kappa shape index (κ3) is 5.56. The molecule has 0 saturated heterocycles. The Hall–Kier alpha value is -1.89. The van der Waals surface area contributed by atoms with Crippen molar-refractivity contribution < 1.29 is 24.2 Å². The largest absolute Gasteiger partial charge is 0.481 e. The van der Waals surface area contributed by atoms with Gasteiger partial charge in [0.15, 0.2) is 0 Å². The van der Waals surface area contributed by atoms with Crippen LogP contribution in [-0.2, 0) is 27.2 Å². The maximum atomic E-state index is 12.4. The molecule has 0 spiro atoms. The third-order valence-electron chi connectivity index (χ3n) is 4.20. The Morgan fingerprint density at radius 2 is 1.84 bits per heavy atom. The summed E-state index contributed by atoms with van der Waals surface area (Å²) in [5.41, 5.74) is 1.51. The molecule has 1 aliphatic carbocycles. The van der Waals surface area contributed by atoms with Crippen LogP contribution in [-0.4, -0.2) is 29.6 Å². The minimum absolute atomic E-state index is 0.0426. The van der Waals surface area contributed by atoms with E-state index in [2.05, 4.69) is 5.32 Å². The second kappa shape index (κ2) is 9.56. The van der Waals surface area contributed by atoms with Gasteiger partial charge in [0, 0.05) is 17.7 Å². The minimum Gasteiger partial charge on any atom is -0.481 e. The number of esters is 1. The fourth-order valence-corrected chi connectivity index (χ4v) is 4.31. The van der Waals surface area contributed by atoms with Crippen molar-refractivity contribution in [1.29, 1.82) is 0 Å². The summed E-state index contributed by atoms with van der Waals surface area (Å²) in [6, 6.07) is 0. The van der Waals surface area contributed by atoms with E-state index < -0.39 is 5.97 Å². The first-order valence-electron chi connectivity index (χ1n) is 8.86. The minimum atomic E-state index is -0.917. The highest BCUT2D eigenvalue weighted by Gasteiger charge is 2.26. The summed E-state index contributed by atoms with van der Waals surface area (Å²) in [5.74, 6) is -1.57. The van der Waals surface area contributed by atoms with E-state index in [4.69, 9.17) is 9.84 Å². The van der Waals surface area contributed by atoms with E-state index in [1.807, 2.05) is 0 Å². The van der Waals surface area contributed by atoms with Crippen molar-refractivity contribution in [2.24, 2.45) is 0 Å². The van der Waals surface area contributed by atoms with E-state index in [1.54, 1.807) is 6.92 Å². The average molecular weight is 367 g/mol. The molecule has 1 aromatic rings. The molecule has 0 saturated carbocycles. The number of carboxylic acids is 1. The molecule has 7 heteroatoms. The smallest absolute Gasteiger partial charge is 0.341 e. The van der Waals surface area contributed by atoms with Crippen molar-refractivity contribution in [1.82, 2.24) is 0 Å². The number of hydrogen-bond donors (Lipinski definition) is 2. The maximum Gasteiger partial charge on any atom is 0.341 e. The number of anilines is 1. The van der Waals surface area contributed by atoms with Crippen LogP contribution in [0.5, 0.6) is 0 Å². The molecule has 2 rings (SSSR count). The van der Waals surface area contributed by atoms with Crippen LogP contribution >= 0.6 is 11.3 Å². The highest BCUT2D eigenvalue weighted by molar-refractivity contribution is 7.17. The van der Waals surface area contributed by atoms with E-state index in [1.165, 1.54) is 17.8 Å². The molecule has 6 nitrogen and oxygen atoms in total. The van der Waals surface area contributed by atoms with Gasteiger partial charge in [0.05, 0.1) is 12.2 Å². The zero-order valence-corrected chi connectivity index (χ0v) is 15.4. The van der Waals surface area contributed by atoms with E-state index in [9.17, 15) is 14.4 Å². The number of hydrogen-bond acceptors (Lipinski definition) is 5. The maximum absolute atomic E-state index is 12.4. The van der Waals surface area contributed by atoms with E-state index in [0.29, 0.717) is 10.6 Å². The summed E-state index contributed by atoms with van der Waals surface area (Å²) in [6.45, 7) is 2.05. The first-order chi connectivity index (χ1) is 12.0. The lowest BCUT2D eigenvalue weighted by Gasteiger charge is -2.11. The molecule has 1 aromatic heterocycles. The first-order valence-corrected chi connectivity index (χ1v) is 9.67. The Labute approximate surface area is 151 Å². The van der Waals surface area contributed by atoms with E-state index in [0.717, 1.165) is 42.5 Å². The number of rotatable bonds is 7. The molecule has 1 aliphatic rings. The van der Waals surface area contributed by atoms with E-state index >= 15 is 0 Å². The third-order valence-corrected chi connectivity index (χ3v) is 5.41. The zero-order chi connectivity index (χ0) is 18.2. The number of thiophene rings is 1. The molecule has 0 atom stereocenters. The molecule has 0 aromatic carbocycles. The lowest BCUT2D eigenvalue weighted by molar-refractivity contribution is -0.137. The number of nitrogens with one attached hydrogen (secondary N) is 1. The van der Waals surface area contributed by atoms with Crippen molar-refractivity contribution in [3.05, 3.63) is 16.0 Å². The fourth-order valence-electron chi connectivity index (χ4n) is 3.02. The molecule has 1 heterocycles. The Morgan fingerprint density at radius 1 is 1.12 bits per heavy atom. The highest BCUT2D eigenvalue weighted by atomic mass is 32.1. The van der Waals surface area contributed by atoms with Crippen molar-refractivity contribution in [3.63, 3.8) is 0 Å². The summed E-state index contributed by atoms with van der Waals surface area (Å²) in [6.07, 6.45) is 6.55. The van der Waals surface area contributed by atoms with Crippen molar-refractivity contribution >= 4 is 34.2 Å². The molecule has 2 N–H and O–H groups in total. The summed E-state index contributed by atoms with van der Waals surface area (Å²) >= 11 is 1.46. The summed E-state index contributed by atoms with van der Waals surface area (Å²) < 4.78 is 5.20. The van der Waals surface area contributed by atoms with Gasteiger partial charge in [-0.25, -0.2) is 4.79 Å². The molecule has 0 fully saturated rings. The summed E-state index contributed by atoms with van der Waals surface area (Å²) in [4.78, 5) is 36.3. The molecule has 0 radical (unpaired) electrons. The van der Waals surface area contributed by atoms with Crippen LogP contribution in [0, 0.1) is 0 Å². The normalized spacial score (nSPS) is 14.1. The van der Waals surface area contributed by atoms with Gasteiger partial charge in [0.2, 0.25) is 5.91 Å². The summed E-state index contributed by atoms with van der Waals surface area (Å²) in [7, 11) is 0. The predicted octanol–water partition coefficient (Wildman–Crippen LogP) is 3.78. The fraction of sp³-hybridized carbons (Fsp3) is 0.611. The number of aliphatic carboxylic acids is 1. The summed E-state index contributed by atoms with van der Waals surface area (Å²) in [5, 5.41) is 12.0. The lowest BCUT2D eigenvalue weighted by atomic mass is 9.96. The van der Waals surface area contributed by atoms with Gasteiger partial charge in [0.25, 0.3) is 0 Å². The Kier molecular flexibility index (Phi) is 7.43. The molecule has 25 heavy (non-hydrogen) atoms. The van der Waals surface area contributed by atoms with Gasteiger partial charge in [-0.1, -0.05) is 12.8 Å². The van der Waals surface area contributed by atoms with Gasteiger partial charge >= 0.3 is 11.9 Å². The number of fused-ring (bicyclic) bond motifs is 1. The number of aryl methyl sites for hydroxylation is 1. The number of carbonyl (C=O) groups excluding carboxylic acids is 2. The average Bonchev–Trinajstić information content (AvgIpc) is 2.83. The molecule has 1 amide bonds. The number of carboxylic acid groups (broad SMARTS) is 1. The Balaban J connectivity index is 2.20. The van der Waals surface area contributed by atoms with E-state index in [-0.39, 0.29) is 37.7 Å². The molecule has 138 valence electrons. The van der Waals surface area contributed by atoms with Gasteiger partial charge in [-0.15, -0.1) is 11.3 Å². The van der Waals surface area contributed by atoms with Crippen LogP contribution in [0.2, 0.25) is 0 Å². The standard InChI is InChI=1S/C18H25NO5S/c1-2-24-18(23)16-12-8-5-3-4-6-9-13(12)25-17(16)19-14(20)10-7-11-15(21)22/h2-11H2,1H3,(H,19,20)(H,21,22). The van der Waals surface area contributed by atoms with Crippen molar-refractivity contribution in [2.45, 2.75) is 64.7 Å². The quantitative estimate of drug-likeness (QED) is 0.716. The number of amides is 1. The van der Waals surface area contributed by atoms with Gasteiger partial charge in [-0.2, -0.15) is 0 Å². The van der Waals surface area contributed by atoms with Crippen molar-refractivity contribution in [2.75, 3.05) is 11.9 Å². The molecule has 0 bridgehead atoms. The van der Waals surface area contributed by atoms with Crippen LogP contribution < -0.4 is 5.32 Å². The highest BCUT2D eigenvalue weighted by Crippen LogP contribution is 2.37. The molecule has 0 unspecified atom stereocenters. The first kappa shape index (κ1) is 19.4. The SMILES string of the molecule is CCOC(=O)c1c(NC(=O)CCCC(=O)O)sc2c1CCCCCC2. The predicted molar refractivity (Wildman–Crippen MR) is 96.3 cm³/mol. The molecular weight excluding hydrogens is 342 g/mol. The lowest BCUT2D eigenvalue weighted by Crippen LogP contribution is -2.15. The van der Waals surface area contributed by atoms with Crippen LogP contribution in [0.15, 0.2) is 0 Å². The van der Waals surface area contributed by atoms with Gasteiger partial charge in [-0.05, 0) is 44.6 Å². The topological polar surface area (TPSA) is 92.7 Å². The van der Waals surface area contributed by atoms with Crippen molar-refractivity contribution in [3.8, 4) is 0 Å². The van der Waals surface area contributed by atoms with Gasteiger partial charge in [0.1, 0.15) is 5.00 Å². The van der Waals surface area contributed by atoms with Gasteiger partial charge in [-0.3, -0.25) is 9.59 Å². The Bertz CT molecular complexity index is 638. The second-order valence-corrected chi connectivity index (χ2v) is 7.24. The number of carbonyl (C=O) groups is 3. The van der Waals surface area contributed by atoms with Crippen LogP contribution in [0.4, 0.5) is 5.00 Å². The Morgan fingerprint density at radius 3 is 2.52 bits per heavy atom. The van der Waals surface area contributed by atoms with Crippen LogP contribution in [0.25, 0.3) is 0 Å². The molecular formula is C18H25NO5S. The number of ether oxygens (including phenoxy) is 1. The molecule has 0 aliphatic heterocycles. The van der Waals surface area contributed by atoms with Crippen LogP contribution in [0.1, 0.15) is 72.7 Å². The van der Waals surface area contributed by atoms with Crippen LogP contribution in [0.3, 0.4) is 0 Å². The van der Waals surface area contributed by atoms with Gasteiger partial charge < -0.3 is 15.2 Å². The monoisotopic (exact) mass is 367 g/mol. The second-order valence-electron chi connectivity index (χ2n) is 6.14. The zero-order valence-electron chi connectivity index (χ0n) is 14.6.